The highest BCUT2D eigenvalue weighted by Gasteiger charge is 2.65. The number of nitro benzene ring substituents is 1. The fourth-order valence-electron chi connectivity index (χ4n) is 5.44. The van der Waals surface area contributed by atoms with Gasteiger partial charge < -0.3 is 19.7 Å². The lowest BCUT2D eigenvalue weighted by atomic mass is 10.1. The van der Waals surface area contributed by atoms with Crippen molar-refractivity contribution in [1.29, 1.82) is 0 Å². The lowest BCUT2D eigenvalue weighted by molar-refractivity contribution is -0.386. The highest BCUT2D eigenvalue weighted by molar-refractivity contribution is 6.84. The summed E-state index contributed by atoms with van der Waals surface area (Å²) in [4.78, 5) is 39.2. The zero-order valence-electron chi connectivity index (χ0n) is 27.3. The van der Waals surface area contributed by atoms with E-state index in [-0.39, 0.29) is 34.4 Å². The van der Waals surface area contributed by atoms with Gasteiger partial charge in [0, 0.05) is 18.7 Å². The fraction of sp³-hybridized carbons (Fsp3) is 0.667. The lowest BCUT2D eigenvalue weighted by Gasteiger charge is -2.52. The van der Waals surface area contributed by atoms with Crippen molar-refractivity contribution in [2.45, 2.75) is 127 Å². The van der Waals surface area contributed by atoms with Crippen LogP contribution in [0.15, 0.2) is 40.1 Å². The Kier molecular flexibility index (Phi) is 9.64. The van der Waals surface area contributed by atoms with Crippen LogP contribution in [0.4, 0.5) is 5.69 Å². The Bertz CT molecular complexity index is 1460. The van der Waals surface area contributed by atoms with Crippen LogP contribution in [0.1, 0.15) is 78.3 Å². The smallest absolute Gasteiger partial charge is 0.330 e. The van der Waals surface area contributed by atoms with Crippen LogP contribution in [0.3, 0.4) is 0 Å². The van der Waals surface area contributed by atoms with Gasteiger partial charge in [-0.3, -0.25) is 24.5 Å². The summed E-state index contributed by atoms with van der Waals surface area (Å²) in [5.74, 6) is 0. The van der Waals surface area contributed by atoms with Crippen molar-refractivity contribution >= 4 is 21.8 Å². The van der Waals surface area contributed by atoms with Crippen LogP contribution in [-0.2, 0) is 16.1 Å². The number of hydrogen-bond acceptors (Lipinski definition) is 8. The molecule has 2 aromatic rings. The molecule has 2 unspecified atom stereocenters. The molecule has 0 aliphatic carbocycles. The molecular weight excluding hydrogens is 587 g/mol. The minimum absolute atomic E-state index is 0.0682. The van der Waals surface area contributed by atoms with Gasteiger partial charge in [0.2, 0.25) is 0 Å². The van der Waals surface area contributed by atoms with Crippen molar-refractivity contribution in [3.05, 3.63) is 72.5 Å². The van der Waals surface area contributed by atoms with E-state index in [9.17, 15) is 29.9 Å². The molecule has 2 heterocycles. The predicted octanol–water partition coefficient (Wildman–Crippen LogP) is 5.20. The van der Waals surface area contributed by atoms with E-state index in [1.54, 1.807) is 25.1 Å². The van der Waals surface area contributed by atoms with Gasteiger partial charge in [0.15, 0.2) is 0 Å². The largest absolute Gasteiger partial charge is 0.394 e. The summed E-state index contributed by atoms with van der Waals surface area (Å²) >= 11 is 0. The molecule has 1 aromatic carbocycles. The molecule has 0 spiro atoms. The number of H-pyrrole nitrogens is 1. The first-order chi connectivity index (χ1) is 19.5. The molecule has 0 radical (unpaired) electrons. The summed E-state index contributed by atoms with van der Waals surface area (Å²) in [7, 11) is -5.09. The maximum atomic E-state index is 13.1. The Labute approximate surface area is 255 Å². The lowest BCUT2D eigenvalue weighted by Crippen LogP contribution is -2.69. The fourth-order valence-corrected chi connectivity index (χ4v) is 10.5. The molecule has 13 heteroatoms. The molecular formula is C30H49N3O8Si2. The summed E-state index contributed by atoms with van der Waals surface area (Å²) in [6.07, 6.45) is -1.16. The number of nitro groups is 1. The van der Waals surface area contributed by atoms with E-state index in [4.69, 9.17) is 9.47 Å². The minimum atomic E-state index is -2.63. The maximum absolute atomic E-state index is 13.1. The molecule has 1 fully saturated rings. The molecule has 1 aliphatic rings. The van der Waals surface area contributed by atoms with Gasteiger partial charge >= 0.3 is 5.69 Å². The topological polar surface area (TPSA) is 157 Å². The number of rotatable bonds is 9. The van der Waals surface area contributed by atoms with E-state index in [2.05, 4.69) is 72.7 Å². The van der Waals surface area contributed by atoms with Crippen molar-refractivity contribution in [3.63, 3.8) is 0 Å². The number of ether oxygens (including phenoxy) is 2. The van der Waals surface area contributed by atoms with Gasteiger partial charge in [0.05, 0.1) is 55.9 Å². The van der Waals surface area contributed by atoms with Crippen molar-refractivity contribution < 1.29 is 24.6 Å². The SMILES string of the molecule is CC(OCc1cn([C@H]2C[C@@](O)([Si](C)(C)C(C)(C)C)[C@@H](C(O)[Si](C)(C)C(C)(C)C)O2)c(=O)[nH]c1=O)c1ccccc1[N+](=O)[O-]. The number of aromatic amines is 1. The van der Waals surface area contributed by atoms with Gasteiger partial charge in [-0.25, -0.2) is 4.79 Å². The van der Waals surface area contributed by atoms with Crippen LogP contribution in [0.2, 0.25) is 36.3 Å². The van der Waals surface area contributed by atoms with Crippen LogP contribution in [0.5, 0.6) is 0 Å². The number of hydrogen-bond donors (Lipinski definition) is 3. The molecule has 11 nitrogen and oxygen atoms in total. The summed E-state index contributed by atoms with van der Waals surface area (Å²) < 4.78 is 13.6. The number of aliphatic hydroxyl groups is 2. The Hall–Kier alpha value is -2.43. The minimum Gasteiger partial charge on any atom is -0.394 e. The second-order valence-electron chi connectivity index (χ2n) is 15.0. The standard InChI is InChI=1S/C30H49N3O8Si2/c1-19(21-14-12-13-15-22(21)33(38)39)40-18-20-17-32(27(36)31-25(20)34)23-16-30(37,43(10,11)29(5,6)7)24(41-23)26(35)42(8,9)28(2,3)4/h12-15,17,19,23-24,26,35,37H,16,18H2,1-11H3,(H,31,34,36)/t19?,23-,24-,26?,30-/m1/s1. The molecule has 0 amide bonds. The number of aliphatic hydroxyl groups excluding tert-OH is 1. The third-order valence-electron chi connectivity index (χ3n) is 10.6. The van der Waals surface area contributed by atoms with E-state index in [1.807, 2.05) is 0 Å². The molecule has 1 aliphatic heterocycles. The normalized spacial score (nSPS) is 23.3. The third-order valence-corrected chi connectivity index (χ3v) is 22.6. The van der Waals surface area contributed by atoms with Crippen molar-refractivity contribution in [2.75, 3.05) is 0 Å². The highest BCUT2D eigenvalue weighted by Crippen LogP contribution is 2.54. The van der Waals surface area contributed by atoms with Gasteiger partial charge in [-0.1, -0.05) is 79.9 Å². The van der Waals surface area contributed by atoms with Crippen LogP contribution in [0.25, 0.3) is 0 Å². The molecule has 3 N–H and O–H groups in total. The van der Waals surface area contributed by atoms with Gasteiger partial charge in [0.1, 0.15) is 12.3 Å². The highest BCUT2D eigenvalue weighted by atomic mass is 28.3. The van der Waals surface area contributed by atoms with Gasteiger partial charge in [-0.2, -0.15) is 0 Å². The predicted molar refractivity (Wildman–Crippen MR) is 172 cm³/mol. The Morgan fingerprint density at radius 2 is 1.72 bits per heavy atom. The number of para-hydroxylation sites is 1. The quantitative estimate of drug-likeness (QED) is 0.193. The second kappa shape index (κ2) is 11.8. The van der Waals surface area contributed by atoms with Gasteiger partial charge in [-0.15, -0.1) is 0 Å². The zero-order valence-corrected chi connectivity index (χ0v) is 29.3. The van der Waals surface area contributed by atoms with Gasteiger partial charge in [0.25, 0.3) is 11.2 Å². The van der Waals surface area contributed by atoms with E-state index < -0.39 is 61.7 Å². The van der Waals surface area contributed by atoms with Crippen molar-refractivity contribution in [1.82, 2.24) is 9.55 Å². The molecule has 0 bridgehead atoms. The average Bonchev–Trinajstić information content (AvgIpc) is 3.24. The van der Waals surface area contributed by atoms with Crippen molar-refractivity contribution in [2.24, 2.45) is 0 Å². The first-order valence-corrected chi connectivity index (χ1v) is 20.8. The third kappa shape index (κ3) is 6.38. The zero-order chi connectivity index (χ0) is 32.9. The van der Waals surface area contributed by atoms with Crippen LogP contribution >= 0.6 is 0 Å². The number of nitrogens with zero attached hydrogens (tertiary/aromatic N) is 2. The average molecular weight is 636 g/mol. The number of aromatic nitrogens is 2. The molecule has 5 atom stereocenters. The molecule has 3 rings (SSSR count). The maximum Gasteiger partial charge on any atom is 0.330 e. The first-order valence-electron chi connectivity index (χ1n) is 14.7. The molecule has 240 valence electrons. The van der Waals surface area contributed by atoms with Gasteiger partial charge in [-0.05, 0) is 23.1 Å². The van der Waals surface area contributed by atoms with E-state index in [1.165, 1.54) is 16.8 Å². The summed E-state index contributed by atoms with van der Waals surface area (Å²) in [5, 5.41) is 34.1. The Morgan fingerprint density at radius 1 is 1.14 bits per heavy atom. The van der Waals surface area contributed by atoms with E-state index in [0.29, 0.717) is 5.56 Å². The van der Waals surface area contributed by atoms with Crippen LogP contribution < -0.4 is 11.2 Å². The monoisotopic (exact) mass is 635 g/mol. The summed E-state index contributed by atoms with van der Waals surface area (Å²) in [6, 6.07) is 6.22. The summed E-state index contributed by atoms with van der Waals surface area (Å²) in [5.41, 5.74) is -1.89. The van der Waals surface area contributed by atoms with Crippen LogP contribution in [0, 0.1) is 10.1 Å². The molecule has 1 aromatic heterocycles. The number of nitrogens with one attached hydrogen (secondary N) is 1. The van der Waals surface area contributed by atoms with Crippen LogP contribution in [-0.4, -0.2) is 57.9 Å². The molecule has 43 heavy (non-hydrogen) atoms. The Balaban J connectivity index is 2.02. The second-order valence-corrected chi connectivity index (χ2v) is 26.2. The first kappa shape index (κ1) is 35.1. The Morgan fingerprint density at radius 3 is 2.26 bits per heavy atom. The molecule has 0 saturated carbocycles. The van der Waals surface area contributed by atoms with Crippen molar-refractivity contribution in [3.8, 4) is 0 Å². The number of benzene rings is 1. The summed E-state index contributed by atoms with van der Waals surface area (Å²) in [6.45, 7) is 22.3. The van der Waals surface area contributed by atoms with E-state index in [0.717, 1.165) is 0 Å². The molecule has 1 saturated heterocycles. The van der Waals surface area contributed by atoms with E-state index >= 15 is 0 Å².